The standard InChI is InChI=1S/C19H25FN4O2/c1-19(26)7-4-13(5-8-19)22-18(25)14-12-21-24-11-6-15(16(20)17(14)24)23-9-2-3-10-23/h6,11-13,26H,2-5,7-10H2,1H3,(H,22,25). The van der Waals surface area contributed by atoms with E-state index in [1.807, 2.05) is 11.8 Å². The van der Waals surface area contributed by atoms with E-state index in [4.69, 9.17) is 0 Å². The summed E-state index contributed by atoms with van der Waals surface area (Å²) in [6, 6.07) is 1.73. The third kappa shape index (κ3) is 3.16. The first-order valence-corrected chi connectivity index (χ1v) is 9.39. The monoisotopic (exact) mass is 360 g/mol. The third-order valence-corrected chi connectivity index (χ3v) is 5.69. The lowest BCUT2D eigenvalue weighted by Gasteiger charge is -2.33. The quantitative estimate of drug-likeness (QED) is 0.882. The molecule has 2 aliphatic rings. The Morgan fingerprint density at radius 1 is 1.35 bits per heavy atom. The van der Waals surface area contributed by atoms with Gasteiger partial charge in [-0.3, -0.25) is 4.79 Å². The van der Waals surface area contributed by atoms with Crippen LogP contribution in [0, 0.1) is 5.82 Å². The summed E-state index contributed by atoms with van der Waals surface area (Å²) in [5.74, 6) is -0.687. The Morgan fingerprint density at radius 2 is 2.04 bits per heavy atom. The molecular weight excluding hydrogens is 335 g/mol. The summed E-state index contributed by atoms with van der Waals surface area (Å²) >= 11 is 0. The maximum Gasteiger partial charge on any atom is 0.255 e. The zero-order chi connectivity index (χ0) is 18.3. The maximum atomic E-state index is 15.1. The molecule has 1 saturated carbocycles. The highest BCUT2D eigenvalue weighted by molar-refractivity contribution is 6.01. The van der Waals surface area contributed by atoms with E-state index in [1.165, 1.54) is 10.7 Å². The first-order chi connectivity index (χ1) is 12.4. The summed E-state index contributed by atoms with van der Waals surface area (Å²) in [5.41, 5.74) is 0.386. The molecule has 0 radical (unpaired) electrons. The molecule has 0 atom stereocenters. The summed E-state index contributed by atoms with van der Waals surface area (Å²) in [4.78, 5) is 14.7. The molecule has 0 spiro atoms. The van der Waals surface area contributed by atoms with Crippen LogP contribution < -0.4 is 10.2 Å². The van der Waals surface area contributed by atoms with Crippen LogP contribution in [0.3, 0.4) is 0 Å². The molecule has 4 rings (SSSR count). The van der Waals surface area contributed by atoms with Gasteiger partial charge >= 0.3 is 0 Å². The number of halogens is 1. The molecule has 0 unspecified atom stereocenters. The zero-order valence-corrected chi connectivity index (χ0v) is 15.0. The molecule has 2 aromatic rings. The zero-order valence-electron chi connectivity index (χ0n) is 15.0. The molecule has 140 valence electrons. The Labute approximate surface area is 152 Å². The van der Waals surface area contributed by atoms with Crippen molar-refractivity contribution in [2.75, 3.05) is 18.0 Å². The number of pyridine rings is 1. The number of rotatable bonds is 3. The van der Waals surface area contributed by atoms with E-state index >= 15 is 4.39 Å². The number of hydrogen-bond donors (Lipinski definition) is 2. The van der Waals surface area contributed by atoms with Gasteiger partial charge in [0.1, 0.15) is 5.52 Å². The van der Waals surface area contributed by atoms with Crippen LogP contribution in [0.1, 0.15) is 55.8 Å². The predicted octanol–water partition coefficient (Wildman–Crippen LogP) is 2.50. The number of anilines is 1. The molecule has 2 fully saturated rings. The highest BCUT2D eigenvalue weighted by Crippen LogP contribution is 2.30. The number of fused-ring (bicyclic) bond motifs is 1. The highest BCUT2D eigenvalue weighted by atomic mass is 19.1. The second-order valence-electron chi connectivity index (χ2n) is 7.81. The van der Waals surface area contributed by atoms with Crippen LogP contribution in [-0.4, -0.2) is 45.4 Å². The number of aliphatic hydroxyl groups is 1. The van der Waals surface area contributed by atoms with Crippen molar-refractivity contribution < 1.29 is 14.3 Å². The van der Waals surface area contributed by atoms with Crippen LogP contribution >= 0.6 is 0 Å². The third-order valence-electron chi connectivity index (χ3n) is 5.69. The predicted molar refractivity (Wildman–Crippen MR) is 96.9 cm³/mol. The van der Waals surface area contributed by atoms with E-state index < -0.39 is 5.60 Å². The van der Waals surface area contributed by atoms with Crippen LogP contribution in [-0.2, 0) is 0 Å². The minimum atomic E-state index is -0.650. The van der Waals surface area contributed by atoms with Crippen LogP contribution in [0.4, 0.5) is 10.1 Å². The van der Waals surface area contributed by atoms with Crippen LogP contribution in [0.25, 0.3) is 5.52 Å². The van der Waals surface area contributed by atoms with Crippen molar-refractivity contribution in [2.24, 2.45) is 0 Å². The lowest BCUT2D eigenvalue weighted by molar-refractivity contribution is 0.0140. The van der Waals surface area contributed by atoms with Gasteiger partial charge in [0.25, 0.3) is 5.91 Å². The second-order valence-corrected chi connectivity index (χ2v) is 7.81. The van der Waals surface area contributed by atoms with Crippen molar-refractivity contribution >= 4 is 17.1 Å². The van der Waals surface area contributed by atoms with E-state index in [0.717, 1.165) is 38.8 Å². The molecule has 0 bridgehead atoms. The van der Waals surface area contributed by atoms with Gasteiger partial charge < -0.3 is 15.3 Å². The first-order valence-electron chi connectivity index (χ1n) is 9.39. The van der Waals surface area contributed by atoms with Gasteiger partial charge in [0.05, 0.1) is 23.0 Å². The number of carbonyl (C=O) groups is 1. The highest BCUT2D eigenvalue weighted by Gasteiger charge is 2.30. The minimum Gasteiger partial charge on any atom is -0.390 e. The molecule has 1 aliphatic heterocycles. The summed E-state index contributed by atoms with van der Waals surface area (Å²) < 4.78 is 16.6. The van der Waals surface area contributed by atoms with Gasteiger partial charge in [0.15, 0.2) is 5.82 Å². The Bertz CT molecular complexity index is 816. The van der Waals surface area contributed by atoms with Gasteiger partial charge in [0, 0.05) is 25.3 Å². The molecule has 0 aromatic carbocycles. The van der Waals surface area contributed by atoms with E-state index in [0.29, 0.717) is 18.5 Å². The molecule has 3 heterocycles. The minimum absolute atomic E-state index is 0.00232. The Kier molecular flexibility index (Phi) is 4.34. The topological polar surface area (TPSA) is 69.9 Å². The Morgan fingerprint density at radius 3 is 2.73 bits per heavy atom. The van der Waals surface area contributed by atoms with Gasteiger partial charge in [-0.2, -0.15) is 5.10 Å². The lowest BCUT2D eigenvalue weighted by atomic mass is 9.83. The van der Waals surface area contributed by atoms with Gasteiger partial charge in [-0.25, -0.2) is 8.91 Å². The maximum absolute atomic E-state index is 15.1. The number of carbonyl (C=O) groups excluding carboxylic acids is 1. The lowest BCUT2D eigenvalue weighted by Crippen LogP contribution is -2.42. The van der Waals surface area contributed by atoms with Gasteiger partial charge in [-0.15, -0.1) is 0 Å². The van der Waals surface area contributed by atoms with E-state index in [2.05, 4.69) is 10.4 Å². The summed E-state index contributed by atoms with van der Waals surface area (Å²) in [5, 5.41) is 17.2. The van der Waals surface area contributed by atoms with Crippen LogP contribution in [0.2, 0.25) is 0 Å². The normalized spacial score (nSPS) is 26.4. The molecule has 1 amide bonds. The smallest absolute Gasteiger partial charge is 0.255 e. The second kappa shape index (κ2) is 6.54. The molecule has 2 aromatic heterocycles. The number of nitrogens with one attached hydrogen (secondary N) is 1. The number of amides is 1. The molecule has 7 heteroatoms. The van der Waals surface area contributed by atoms with Crippen molar-refractivity contribution in [1.82, 2.24) is 14.9 Å². The Balaban J connectivity index is 1.58. The molecule has 2 N–H and O–H groups in total. The van der Waals surface area contributed by atoms with E-state index in [1.54, 1.807) is 12.3 Å². The fraction of sp³-hybridized carbons (Fsp3) is 0.579. The number of hydrogen-bond acceptors (Lipinski definition) is 4. The fourth-order valence-corrected chi connectivity index (χ4v) is 4.05. The van der Waals surface area contributed by atoms with Crippen LogP contribution in [0.15, 0.2) is 18.5 Å². The van der Waals surface area contributed by atoms with Crippen molar-refractivity contribution in [3.8, 4) is 0 Å². The fourth-order valence-electron chi connectivity index (χ4n) is 4.05. The number of nitrogens with zero attached hydrogens (tertiary/aromatic N) is 3. The van der Waals surface area contributed by atoms with Gasteiger partial charge in [0.2, 0.25) is 0 Å². The molecule has 1 aliphatic carbocycles. The van der Waals surface area contributed by atoms with Gasteiger partial charge in [-0.05, 0) is 51.5 Å². The molecular formula is C19H25FN4O2. The molecule has 6 nitrogen and oxygen atoms in total. The molecule has 1 saturated heterocycles. The summed E-state index contributed by atoms with van der Waals surface area (Å²) in [6.45, 7) is 3.50. The van der Waals surface area contributed by atoms with Crippen molar-refractivity contribution in [2.45, 2.75) is 57.1 Å². The van der Waals surface area contributed by atoms with Crippen LogP contribution in [0.5, 0.6) is 0 Å². The Hall–Kier alpha value is -2.15. The molecule has 26 heavy (non-hydrogen) atoms. The SMILES string of the molecule is CC1(O)CCC(NC(=O)c2cnn3ccc(N4CCCC4)c(F)c23)CC1. The van der Waals surface area contributed by atoms with E-state index in [9.17, 15) is 9.90 Å². The van der Waals surface area contributed by atoms with Crippen molar-refractivity contribution in [1.29, 1.82) is 0 Å². The van der Waals surface area contributed by atoms with Crippen molar-refractivity contribution in [3.05, 3.63) is 29.8 Å². The summed E-state index contributed by atoms with van der Waals surface area (Å²) in [7, 11) is 0. The average Bonchev–Trinajstić information content (AvgIpc) is 3.27. The largest absolute Gasteiger partial charge is 0.390 e. The van der Waals surface area contributed by atoms with E-state index in [-0.39, 0.29) is 28.8 Å². The van der Waals surface area contributed by atoms with Crippen molar-refractivity contribution in [3.63, 3.8) is 0 Å². The summed E-state index contributed by atoms with van der Waals surface area (Å²) in [6.07, 6.45) is 8.01. The average molecular weight is 360 g/mol. The first kappa shape index (κ1) is 17.3. The van der Waals surface area contributed by atoms with Gasteiger partial charge in [-0.1, -0.05) is 0 Å². The number of aromatic nitrogens is 2.